The summed E-state index contributed by atoms with van der Waals surface area (Å²) in [5.41, 5.74) is 6.44. The van der Waals surface area contributed by atoms with Crippen LogP contribution in [0.3, 0.4) is 0 Å². The van der Waals surface area contributed by atoms with E-state index in [1.165, 1.54) is 12.1 Å². The van der Waals surface area contributed by atoms with E-state index in [4.69, 9.17) is 0 Å². The first kappa shape index (κ1) is 12.3. The fourth-order valence-electron chi connectivity index (χ4n) is 1.41. The van der Waals surface area contributed by atoms with Gasteiger partial charge in [0, 0.05) is 0 Å². The highest BCUT2D eigenvalue weighted by molar-refractivity contribution is 5.52. The van der Waals surface area contributed by atoms with Gasteiger partial charge in [-0.2, -0.15) is 13.2 Å². The van der Waals surface area contributed by atoms with Crippen molar-refractivity contribution in [3.05, 3.63) is 60.2 Å². The van der Waals surface area contributed by atoms with Crippen LogP contribution in [0.5, 0.6) is 0 Å². The summed E-state index contributed by atoms with van der Waals surface area (Å²) in [5, 5.41) is 0. The molecule has 94 valence electrons. The standard InChI is InChI=1S/C13H11F3N2/c14-13(15,16)10-6-8-12(9-7-10)18-17-11-4-2-1-3-5-11/h1-9,17-18H. The van der Waals surface area contributed by atoms with Crippen molar-refractivity contribution in [1.82, 2.24) is 0 Å². The monoisotopic (exact) mass is 252 g/mol. The van der Waals surface area contributed by atoms with Crippen molar-refractivity contribution < 1.29 is 13.2 Å². The van der Waals surface area contributed by atoms with E-state index in [0.29, 0.717) is 5.69 Å². The SMILES string of the molecule is FC(F)(F)c1ccc(NNc2ccccc2)cc1. The Morgan fingerprint density at radius 1 is 0.667 bits per heavy atom. The molecule has 0 aromatic heterocycles. The third kappa shape index (κ3) is 3.16. The molecule has 0 saturated heterocycles. The summed E-state index contributed by atoms with van der Waals surface area (Å²) in [6.45, 7) is 0. The van der Waals surface area contributed by atoms with E-state index in [-0.39, 0.29) is 0 Å². The molecule has 0 atom stereocenters. The maximum absolute atomic E-state index is 12.3. The summed E-state index contributed by atoms with van der Waals surface area (Å²) < 4.78 is 37.0. The second-order valence-electron chi connectivity index (χ2n) is 3.69. The van der Waals surface area contributed by atoms with Gasteiger partial charge in [0.05, 0.1) is 16.9 Å². The summed E-state index contributed by atoms with van der Waals surface area (Å²) in [4.78, 5) is 0. The topological polar surface area (TPSA) is 24.1 Å². The second-order valence-corrected chi connectivity index (χ2v) is 3.69. The minimum atomic E-state index is -4.30. The Hall–Kier alpha value is -2.17. The fraction of sp³-hybridized carbons (Fsp3) is 0.0769. The molecular formula is C13H11F3N2. The van der Waals surface area contributed by atoms with Gasteiger partial charge in [-0.25, -0.2) is 0 Å². The molecule has 0 aliphatic carbocycles. The molecule has 0 spiro atoms. The molecule has 5 heteroatoms. The first-order chi connectivity index (χ1) is 8.55. The number of hydrazine groups is 1. The number of benzene rings is 2. The van der Waals surface area contributed by atoms with Gasteiger partial charge >= 0.3 is 6.18 Å². The van der Waals surface area contributed by atoms with E-state index in [1.807, 2.05) is 30.3 Å². The van der Waals surface area contributed by atoms with Gasteiger partial charge in [0.1, 0.15) is 0 Å². The molecule has 0 fully saturated rings. The lowest BCUT2D eigenvalue weighted by atomic mass is 10.2. The van der Waals surface area contributed by atoms with Gasteiger partial charge in [-0.05, 0) is 36.4 Å². The molecule has 0 heterocycles. The number of nitrogens with one attached hydrogen (secondary N) is 2. The van der Waals surface area contributed by atoms with E-state index in [0.717, 1.165) is 17.8 Å². The average molecular weight is 252 g/mol. The van der Waals surface area contributed by atoms with Crippen LogP contribution in [0.15, 0.2) is 54.6 Å². The van der Waals surface area contributed by atoms with Gasteiger partial charge in [0.15, 0.2) is 0 Å². The van der Waals surface area contributed by atoms with Crippen LogP contribution in [0.2, 0.25) is 0 Å². The van der Waals surface area contributed by atoms with Crippen LogP contribution in [0, 0.1) is 0 Å². The predicted molar refractivity (Wildman–Crippen MR) is 65.1 cm³/mol. The van der Waals surface area contributed by atoms with Crippen molar-refractivity contribution in [1.29, 1.82) is 0 Å². The Kier molecular flexibility index (Phi) is 3.41. The lowest BCUT2D eigenvalue weighted by Crippen LogP contribution is -2.09. The van der Waals surface area contributed by atoms with Crippen LogP contribution in [0.25, 0.3) is 0 Å². The molecule has 18 heavy (non-hydrogen) atoms. The van der Waals surface area contributed by atoms with E-state index in [9.17, 15) is 13.2 Å². The minimum Gasteiger partial charge on any atom is -0.301 e. The first-order valence-electron chi connectivity index (χ1n) is 5.30. The largest absolute Gasteiger partial charge is 0.416 e. The van der Waals surface area contributed by atoms with Crippen molar-refractivity contribution in [3.63, 3.8) is 0 Å². The molecule has 0 aliphatic rings. The zero-order valence-corrected chi connectivity index (χ0v) is 9.33. The third-order valence-electron chi connectivity index (χ3n) is 2.34. The maximum Gasteiger partial charge on any atom is 0.416 e. The number of anilines is 2. The molecule has 0 saturated carbocycles. The molecule has 0 radical (unpaired) electrons. The zero-order valence-electron chi connectivity index (χ0n) is 9.33. The van der Waals surface area contributed by atoms with E-state index in [2.05, 4.69) is 10.9 Å². The number of halogens is 3. The molecule has 2 rings (SSSR count). The zero-order chi connectivity index (χ0) is 13.0. The Morgan fingerprint density at radius 2 is 1.17 bits per heavy atom. The molecule has 2 N–H and O–H groups in total. The second kappa shape index (κ2) is 5.00. The highest BCUT2D eigenvalue weighted by Crippen LogP contribution is 2.29. The highest BCUT2D eigenvalue weighted by atomic mass is 19.4. The summed E-state index contributed by atoms with van der Waals surface area (Å²) >= 11 is 0. The summed E-state index contributed by atoms with van der Waals surface area (Å²) in [7, 11) is 0. The molecule has 2 nitrogen and oxygen atoms in total. The molecule has 2 aromatic rings. The van der Waals surface area contributed by atoms with Crippen LogP contribution >= 0.6 is 0 Å². The van der Waals surface area contributed by atoms with E-state index >= 15 is 0 Å². The number of alkyl halides is 3. The van der Waals surface area contributed by atoms with Crippen molar-refractivity contribution in [3.8, 4) is 0 Å². The highest BCUT2D eigenvalue weighted by Gasteiger charge is 2.29. The number of hydrogen-bond acceptors (Lipinski definition) is 2. The maximum atomic E-state index is 12.3. The van der Waals surface area contributed by atoms with Crippen LogP contribution in [-0.4, -0.2) is 0 Å². The average Bonchev–Trinajstić information content (AvgIpc) is 2.37. The van der Waals surface area contributed by atoms with Gasteiger partial charge in [-0.3, -0.25) is 0 Å². The Morgan fingerprint density at radius 3 is 1.67 bits per heavy atom. The van der Waals surface area contributed by atoms with Crippen LogP contribution in [0.1, 0.15) is 5.56 Å². The first-order valence-corrected chi connectivity index (χ1v) is 5.30. The Balaban J connectivity index is 1.99. The van der Waals surface area contributed by atoms with Crippen LogP contribution in [-0.2, 0) is 6.18 Å². The normalized spacial score (nSPS) is 11.1. The van der Waals surface area contributed by atoms with Crippen LogP contribution in [0.4, 0.5) is 24.5 Å². The summed E-state index contributed by atoms with van der Waals surface area (Å²) in [6.07, 6.45) is -4.30. The number of hydrogen-bond donors (Lipinski definition) is 2. The van der Waals surface area contributed by atoms with E-state index < -0.39 is 11.7 Å². The summed E-state index contributed by atoms with van der Waals surface area (Å²) in [6, 6.07) is 14.1. The molecular weight excluding hydrogens is 241 g/mol. The minimum absolute atomic E-state index is 0.562. The third-order valence-corrected chi connectivity index (χ3v) is 2.34. The lowest BCUT2D eigenvalue weighted by Gasteiger charge is -2.11. The van der Waals surface area contributed by atoms with Gasteiger partial charge in [-0.15, -0.1) is 0 Å². The van der Waals surface area contributed by atoms with Gasteiger partial charge in [-0.1, -0.05) is 18.2 Å². The van der Waals surface area contributed by atoms with Crippen molar-refractivity contribution in [2.24, 2.45) is 0 Å². The van der Waals surface area contributed by atoms with Gasteiger partial charge in [0.2, 0.25) is 0 Å². The molecule has 0 unspecified atom stereocenters. The molecule has 0 amide bonds. The Bertz CT molecular complexity index is 492. The summed E-state index contributed by atoms with van der Waals surface area (Å²) in [5.74, 6) is 0. The molecule has 0 bridgehead atoms. The molecule has 2 aromatic carbocycles. The number of para-hydroxylation sites is 1. The van der Waals surface area contributed by atoms with Crippen LogP contribution < -0.4 is 10.9 Å². The smallest absolute Gasteiger partial charge is 0.301 e. The van der Waals surface area contributed by atoms with Crippen molar-refractivity contribution in [2.75, 3.05) is 10.9 Å². The van der Waals surface area contributed by atoms with E-state index in [1.54, 1.807) is 0 Å². The van der Waals surface area contributed by atoms with Crippen molar-refractivity contribution >= 4 is 11.4 Å². The lowest BCUT2D eigenvalue weighted by molar-refractivity contribution is -0.137. The predicted octanol–water partition coefficient (Wildman–Crippen LogP) is 4.14. The van der Waals surface area contributed by atoms with Gasteiger partial charge in [0.25, 0.3) is 0 Å². The fourth-order valence-corrected chi connectivity index (χ4v) is 1.41. The quantitative estimate of drug-likeness (QED) is 0.802. The van der Waals surface area contributed by atoms with Gasteiger partial charge < -0.3 is 10.9 Å². The molecule has 0 aliphatic heterocycles. The van der Waals surface area contributed by atoms with Crippen molar-refractivity contribution in [2.45, 2.75) is 6.18 Å². The Labute approximate surface area is 102 Å². The number of rotatable bonds is 3.